The average Bonchev–Trinajstić information content (AvgIpc) is 2.53. The maximum absolute atomic E-state index is 13.1. The van der Waals surface area contributed by atoms with Crippen LogP contribution in [0.2, 0.25) is 5.02 Å². The van der Waals surface area contributed by atoms with E-state index in [4.69, 9.17) is 21.4 Å². The van der Waals surface area contributed by atoms with Crippen molar-refractivity contribution in [3.8, 4) is 5.75 Å². The van der Waals surface area contributed by atoms with Crippen molar-refractivity contribution >= 4 is 29.3 Å². The summed E-state index contributed by atoms with van der Waals surface area (Å²) in [4.78, 5) is 12.2. The highest BCUT2D eigenvalue weighted by Gasteiger charge is 2.48. The van der Waals surface area contributed by atoms with Gasteiger partial charge in [0.1, 0.15) is 10.8 Å². The van der Waals surface area contributed by atoms with Gasteiger partial charge in [0.2, 0.25) is 6.10 Å². The number of hydrogen-bond donors (Lipinski definition) is 2. The molecule has 1 fully saturated rings. The summed E-state index contributed by atoms with van der Waals surface area (Å²) in [6.45, 7) is 1.72. The highest BCUT2D eigenvalue weighted by atomic mass is 35.5. The molecule has 130 valence electrons. The van der Waals surface area contributed by atoms with Crippen molar-refractivity contribution in [3.05, 3.63) is 28.3 Å². The maximum atomic E-state index is 13.1. The Balaban J connectivity index is 2.03. The van der Waals surface area contributed by atoms with Crippen LogP contribution in [0.15, 0.2) is 17.7 Å². The van der Waals surface area contributed by atoms with E-state index in [-0.39, 0.29) is 11.3 Å². The Morgan fingerprint density at radius 2 is 1.92 bits per heavy atom. The van der Waals surface area contributed by atoms with E-state index < -0.39 is 23.8 Å². The largest absolute Gasteiger partial charge is 0.478 e. The fourth-order valence-electron chi connectivity index (χ4n) is 3.15. The number of benzene rings is 1. The van der Waals surface area contributed by atoms with E-state index in [1.54, 1.807) is 0 Å². The fourth-order valence-corrected chi connectivity index (χ4v) is 3.46. The van der Waals surface area contributed by atoms with Crippen LogP contribution in [0, 0.1) is 0 Å². The van der Waals surface area contributed by atoms with Crippen LogP contribution in [0.5, 0.6) is 5.75 Å². The van der Waals surface area contributed by atoms with Gasteiger partial charge in [-0.15, -0.1) is 0 Å². The van der Waals surface area contributed by atoms with Crippen LogP contribution in [-0.2, 0) is 4.79 Å². The van der Waals surface area contributed by atoms with Crippen molar-refractivity contribution in [1.29, 1.82) is 0 Å². The number of halogens is 4. The highest BCUT2D eigenvalue weighted by molar-refractivity contribution is 6.32. The average molecular weight is 363 g/mol. The van der Waals surface area contributed by atoms with Crippen LogP contribution in [0.25, 0.3) is 6.08 Å². The predicted octanol–water partition coefficient (Wildman–Crippen LogP) is 2.83. The molecule has 1 atom stereocenters. The molecule has 1 aromatic carbocycles. The summed E-state index contributed by atoms with van der Waals surface area (Å²) in [7, 11) is 0. The van der Waals surface area contributed by atoms with Crippen LogP contribution in [0.1, 0.15) is 24.8 Å². The Labute approximate surface area is 141 Å². The molecule has 8 heteroatoms. The number of carbonyl (C=O) groups is 1. The van der Waals surface area contributed by atoms with Gasteiger partial charge >= 0.3 is 12.1 Å². The quantitative estimate of drug-likeness (QED) is 0.850. The lowest BCUT2D eigenvalue weighted by atomic mass is 10.0. The topological polar surface area (TPSA) is 51.0 Å². The Kier molecular flexibility index (Phi) is 4.48. The van der Waals surface area contributed by atoms with Crippen LogP contribution in [-0.4, -0.2) is 36.4 Å². The number of alkyl halides is 3. The standard InChI is InChI=1S/C16H15ClF3NO3/c17-11-7-9-6-10(15(22)23)14(16(18,19)20)24-13(9)8-12(11)21-4-2-1-3-5-21/h6-8,14H,1-5H2,(H,22,23)/p+1. The molecule has 2 aliphatic heterocycles. The first-order valence-electron chi connectivity index (χ1n) is 7.64. The third kappa shape index (κ3) is 3.23. The van der Waals surface area contributed by atoms with Crippen LogP contribution >= 0.6 is 11.6 Å². The van der Waals surface area contributed by atoms with E-state index in [2.05, 4.69) is 0 Å². The first-order valence-corrected chi connectivity index (χ1v) is 8.02. The number of carboxylic acids is 1. The first kappa shape index (κ1) is 17.1. The molecular weight excluding hydrogens is 347 g/mol. The van der Waals surface area contributed by atoms with E-state index in [0.717, 1.165) is 43.3 Å². The van der Waals surface area contributed by atoms with Crippen molar-refractivity contribution in [3.63, 3.8) is 0 Å². The SMILES string of the molecule is O=C(O)C1=Cc2cc(Cl)c([NH+]3CCCCC3)cc2OC1C(F)(F)F. The van der Waals surface area contributed by atoms with Gasteiger partial charge in [-0.05, 0) is 31.4 Å². The molecule has 3 rings (SSSR count). The summed E-state index contributed by atoms with van der Waals surface area (Å²) in [5.74, 6) is -1.65. The number of ether oxygens (including phenoxy) is 1. The van der Waals surface area contributed by atoms with Gasteiger partial charge in [0.05, 0.1) is 18.7 Å². The second kappa shape index (κ2) is 6.29. The van der Waals surface area contributed by atoms with Gasteiger partial charge in [0.15, 0.2) is 5.69 Å². The second-order valence-electron chi connectivity index (χ2n) is 5.98. The molecule has 0 radical (unpaired) electrons. The minimum atomic E-state index is -4.81. The van der Waals surface area contributed by atoms with E-state index in [1.807, 2.05) is 0 Å². The molecular formula is C16H16ClF3NO3+. The van der Waals surface area contributed by atoms with Gasteiger partial charge < -0.3 is 14.7 Å². The molecule has 0 spiro atoms. The zero-order chi connectivity index (χ0) is 17.5. The van der Waals surface area contributed by atoms with Crippen molar-refractivity contribution in [1.82, 2.24) is 0 Å². The lowest BCUT2D eigenvalue weighted by Gasteiger charge is -2.29. The minimum absolute atomic E-state index is 0.0137. The summed E-state index contributed by atoms with van der Waals surface area (Å²) in [6, 6.07) is 2.98. The lowest BCUT2D eigenvalue weighted by molar-refractivity contribution is -0.838. The van der Waals surface area contributed by atoms with Crippen molar-refractivity contribution in [2.45, 2.75) is 31.5 Å². The Morgan fingerprint density at radius 1 is 1.25 bits per heavy atom. The fraction of sp³-hybridized carbons (Fsp3) is 0.438. The Morgan fingerprint density at radius 3 is 2.50 bits per heavy atom. The molecule has 0 aliphatic carbocycles. The van der Waals surface area contributed by atoms with Gasteiger partial charge in [-0.25, -0.2) is 4.79 Å². The highest BCUT2D eigenvalue weighted by Crippen LogP contribution is 2.40. The Bertz CT molecular complexity index is 697. The number of fused-ring (bicyclic) bond motifs is 1. The van der Waals surface area contributed by atoms with E-state index in [0.29, 0.717) is 10.7 Å². The van der Waals surface area contributed by atoms with Crippen LogP contribution < -0.4 is 9.64 Å². The zero-order valence-electron chi connectivity index (χ0n) is 12.6. The molecule has 0 saturated carbocycles. The number of piperidine rings is 1. The monoisotopic (exact) mass is 362 g/mol. The molecule has 1 unspecified atom stereocenters. The molecule has 0 aromatic heterocycles. The maximum Gasteiger partial charge on any atom is 0.430 e. The van der Waals surface area contributed by atoms with E-state index >= 15 is 0 Å². The van der Waals surface area contributed by atoms with Gasteiger partial charge in [-0.2, -0.15) is 13.2 Å². The summed E-state index contributed by atoms with van der Waals surface area (Å²) in [5, 5.41) is 9.44. The lowest BCUT2D eigenvalue weighted by Crippen LogP contribution is -3.08. The van der Waals surface area contributed by atoms with Crippen LogP contribution in [0.3, 0.4) is 0 Å². The second-order valence-corrected chi connectivity index (χ2v) is 6.39. The molecule has 24 heavy (non-hydrogen) atoms. The summed E-state index contributed by atoms with van der Waals surface area (Å²) < 4.78 is 44.4. The molecule has 0 amide bonds. The van der Waals surface area contributed by atoms with Gasteiger partial charge in [-0.1, -0.05) is 11.6 Å². The number of rotatable bonds is 2. The predicted molar refractivity (Wildman–Crippen MR) is 81.7 cm³/mol. The van der Waals surface area contributed by atoms with E-state index in [1.165, 1.54) is 12.1 Å². The molecule has 2 N–H and O–H groups in total. The Hall–Kier alpha value is -1.73. The number of nitrogens with one attached hydrogen (secondary N) is 1. The molecule has 2 heterocycles. The zero-order valence-corrected chi connectivity index (χ0v) is 13.4. The normalized spacial score (nSPS) is 21.7. The van der Waals surface area contributed by atoms with Crippen molar-refractivity contribution < 1.29 is 32.7 Å². The third-order valence-corrected chi connectivity index (χ3v) is 4.63. The molecule has 1 aromatic rings. The van der Waals surface area contributed by atoms with Gasteiger partial charge in [0, 0.05) is 11.6 Å². The number of quaternary nitrogens is 1. The smallest absolute Gasteiger partial charge is 0.430 e. The van der Waals surface area contributed by atoms with Gasteiger partial charge in [-0.3, -0.25) is 0 Å². The molecule has 0 bridgehead atoms. The first-order chi connectivity index (χ1) is 11.3. The third-order valence-electron chi connectivity index (χ3n) is 4.32. The molecule has 2 aliphatic rings. The number of hydrogen-bond acceptors (Lipinski definition) is 2. The van der Waals surface area contributed by atoms with Crippen molar-refractivity contribution in [2.75, 3.05) is 13.1 Å². The number of aliphatic carboxylic acids is 1. The minimum Gasteiger partial charge on any atom is -0.478 e. The summed E-state index contributed by atoms with van der Waals surface area (Å²) in [6.07, 6.45) is -3.12. The van der Waals surface area contributed by atoms with Crippen molar-refractivity contribution in [2.24, 2.45) is 0 Å². The summed E-state index contributed by atoms with van der Waals surface area (Å²) in [5.41, 5.74) is 0.102. The molecule has 1 saturated heterocycles. The van der Waals surface area contributed by atoms with Crippen LogP contribution in [0.4, 0.5) is 18.9 Å². The van der Waals surface area contributed by atoms with Gasteiger partial charge in [0.25, 0.3) is 0 Å². The number of carboxylic acid groups (broad SMARTS) is 1. The molecule has 4 nitrogen and oxygen atoms in total. The summed E-state index contributed by atoms with van der Waals surface area (Å²) >= 11 is 6.27. The van der Waals surface area contributed by atoms with E-state index in [9.17, 15) is 18.0 Å².